The number of hydrogen-bond acceptors (Lipinski definition) is 7. The molecule has 0 bridgehead atoms. The van der Waals surface area contributed by atoms with Gasteiger partial charge in [-0.1, -0.05) is 12.1 Å². The first-order chi connectivity index (χ1) is 9.51. The zero-order chi connectivity index (χ0) is 14.6. The van der Waals surface area contributed by atoms with Crippen molar-refractivity contribution in [3.63, 3.8) is 0 Å². The van der Waals surface area contributed by atoms with E-state index in [9.17, 15) is 8.42 Å². The third-order valence-electron chi connectivity index (χ3n) is 2.48. The number of aromatic nitrogens is 2. The van der Waals surface area contributed by atoms with Crippen LogP contribution in [0.3, 0.4) is 0 Å². The maximum absolute atomic E-state index is 12.1. The number of nitrogens with one attached hydrogen (secondary N) is 2. The highest BCUT2D eigenvalue weighted by atomic mass is 32.2. The molecule has 0 unspecified atom stereocenters. The van der Waals surface area contributed by atoms with Gasteiger partial charge in [0, 0.05) is 23.7 Å². The lowest BCUT2D eigenvalue weighted by Gasteiger charge is -2.01. The van der Waals surface area contributed by atoms with E-state index in [0.29, 0.717) is 18.3 Å². The minimum Gasteiger partial charge on any atom is -0.340 e. The molecule has 2 N–H and O–H groups in total. The predicted octanol–water partition coefficient (Wildman–Crippen LogP) is 1.03. The van der Waals surface area contributed by atoms with E-state index in [-0.39, 0.29) is 11.4 Å². The third-order valence-corrected chi connectivity index (χ3v) is 4.95. The summed E-state index contributed by atoms with van der Waals surface area (Å²) in [4.78, 5) is 5.18. The molecule has 2 heterocycles. The van der Waals surface area contributed by atoms with Crippen molar-refractivity contribution >= 4 is 21.4 Å². The number of rotatable bonds is 7. The molecule has 2 aromatic rings. The van der Waals surface area contributed by atoms with Crippen LogP contribution in [0, 0.1) is 6.92 Å². The van der Waals surface area contributed by atoms with Crippen LogP contribution < -0.4 is 10.0 Å². The number of nitrogens with zero attached hydrogens (tertiary/aromatic N) is 2. The van der Waals surface area contributed by atoms with Crippen molar-refractivity contribution in [3.05, 3.63) is 28.0 Å². The molecule has 0 saturated heterocycles. The van der Waals surface area contributed by atoms with Gasteiger partial charge >= 0.3 is 0 Å². The van der Waals surface area contributed by atoms with E-state index in [0.717, 1.165) is 11.4 Å². The third kappa shape index (κ3) is 3.85. The lowest BCUT2D eigenvalue weighted by molar-refractivity contribution is 0.387. The fourth-order valence-electron chi connectivity index (χ4n) is 1.50. The van der Waals surface area contributed by atoms with E-state index >= 15 is 0 Å². The van der Waals surface area contributed by atoms with Gasteiger partial charge in [0.1, 0.15) is 0 Å². The van der Waals surface area contributed by atoms with Gasteiger partial charge in [-0.3, -0.25) is 0 Å². The second-order valence-electron chi connectivity index (χ2n) is 4.08. The zero-order valence-corrected chi connectivity index (χ0v) is 12.8. The first kappa shape index (κ1) is 15.1. The van der Waals surface area contributed by atoms with Crippen LogP contribution in [0.15, 0.2) is 20.9 Å². The van der Waals surface area contributed by atoms with Crippen molar-refractivity contribution in [1.82, 2.24) is 20.2 Å². The average Bonchev–Trinajstić information content (AvgIpc) is 3.03. The average molecular weight is 316 g/mol. The Bertz CT molecular complexity index is 663. The molecule has 0 amide bonds. The van der Waals surface area contributed by atoms with Gasteiger partial charge in [-0.2, -0.15) is 4.98 Å². The van der Waals surface area contributed by atoms with Crippen LogP contribution in [-0.4, -0.2) is 25.1 Å². The van der Waals surface area contributed by atoms with Crippen molar-refractivity contribution in [2.24, 2.45) is 0 Å². The number of aryl methyl sites for hydroxylation is 1. The predicted molar refractivity (Wildman–Crippen MR) is 74.8 cm³/mol. The van der Waals surface area contributed by atoms with Gasteiger partial charge in [0.05, 0.1) is 11.4 Å². The minimum absolute atomic E-state index is 0.0120. The summed E-state index contributed by atoms with van der Waals surface area (Å²) in [5, 5.41) is 8.41. The van der Waals surface area contributed by atoms with Gasteiger partial charge < -0.3 is 9.84 Å². The van der Waals surface area contributed by atoms with Crippen LogP contribution in [0.4, 0.5) is 0 Å². The van der Waals surface area contributed by atoms with Gasteiger partial charge in [0.15, 0.2) is 5.82 Å². The maximum Gasteiger partial charge on any atom is 0.241 e. The largest absolute Gasteiger partial charge is 0.340 e. The van der Waals surface area contributed by atoms with Crippen molar-refractivity contribution < 1.29 is 12.9 Å². The highest BCUT2D eigenvalue weighted by Gasteiger charge is 2.17. The molecular formula is C11H16N4O3S2. The molecule has 0 aliphatic carbocycles. The quantitative estimate of drug-likeness (QED) is 0.792. The Morgan fingerprint density at radius 3 is 2.85 bits per heavy atom. The molecule has 110 valence electrons. The molecule has 9 heteroatoms. The number of hydrogen-bond donors (Lipinski definition) is 2. The molecular weight excluding hydrogens is 300 g/mol. The Morgan fingerprint density at radius 2 is 2.20 bits per heavy atom. The van der Waals surface area contributed by atoms with Crippen molar-refractivity contribution in [2.45, 2.75) is 31.8 Å². The van der Waals surface area contributed by atoms with Gasteiger partial charge in [-0.25, -0.2) is 13.1 Å². The van der Waals surface area contributed by atoms with Gasteiger partial charge in [0.2, 0.25) is 15.9 Å². The summed E-state index contributed by atoms with van der Waals surface area (Å²) in [6.07, 6.45) is 0. The SMILES string of the molecule is CCNCc1cc(S(=O)(=O)NCc2noc(C)n2)cs1. The Balaban J connectivity index is 2.00. The number of thiophene rings is 1. The van der Waals surface area contributed by atoms with E-state index in [1.165, 1.54) is 11.3 Å². The zero-order valence-electron chi connectivity index (χ0n) is 11.2. The monoisotopic (exact) mass is 316 g/mol. The van der Waals surface area contributed by atoms with E-state index in [1.807, 2.05) is 6.92 Å². The highest BCUT2D eigenvalue weighted by molar-refractivity contribution is 7.89. The Kier molecular flexibility index (Phi) is 4.86. The summed E-state index contributed by atoms with van der Waals surface area (Å²) in [6.45, 7) is 5.17. The molecule has 0 radical (unpaired) electrons. The summed E-state index contributed by atoms with van der Waals surface area (Å²) in [5.74, 6) is 0.719. The van der Waals surface area contributed by atoms with E-state index in [2.05, 4.69) is 20.2 Å². The molecule has 0 aromatic carbocycles. The lowest BCUT2D eigenvalue weighted by Crippen LogP contribution is -2.23. The van der Waals surface area contributed by atoms with Crippen molar-refractivity contribution in [3.8, 4) is 0 Å². The Hall–Kier alpha value is -1.29. The summed E-state index contributed by atoms with van der Waals surface area (Å²) in [6, 6.07) is 1.66. The topological polar surface area (TPSA) is 97.1 Å². The summed E-state index contributed by atoms with van der Waals surface area (Å²) in [7, 11) is -3.54. The van der Waals surface area contributed by atoms with Crippen LogP contribution in [0.1, 0.15) is 23.5 Å². The standard InChI is InChI=1S/C11H16N4O3S2/c1-3-12-5-9-4-10(7-19-9)20(16,17)13-6-11-14-8(2)18-15-11/h4,7,12-13H,3,5-6H2,1-2H3. The summed E-state index contributed by atoms with van der Waals surface area (Å²) < 4.78 is 31.4. The fraction of sp³-hybridized carbons (Fsp3) is 0.455. The molecule has 0 aliphatic rings. The van der Waals surface area contributed by atoms with Gasteiger partial charge in [-0.05, 0) is 12.6 Å². The first-order valence-electron chi connectivity index (χ1n) is 6.08. The highest BCUT2D eigenvalue weighted by Crippen LogP contribution is 2.19. The second-order valence-corrected chi connectivity index (χ2v) is 6.85. The smallest absolute Gasteiger partial charge is 0.241 e. The normalized spacial score (nSPS) is 11.9. The maximum atomic E-state index is 12.1. The van der Waals surface area contributed by atoms with Crippen LogP contribution in [-0.2, 0) is 23.1 Å². The Labute approximate surface area is 121 Å². The first-order valence-corrected chi connectivity index (χ1v) is 8.44. The Morgan fingerprint density at radius 1 is 1.40 bits per heavy atom. The van der Waals surface area contributed by atoms with Gasteiger partial charge in [0.25, 0.3) is 0 Å². The van der Waals surface area contributed by atoms with Crippen LogP contribution in [0.5, 0.6) is 0 Å². The number of sulfonamides is 1. The molecule has 20 heavy (non-hydrogen) atoms. The molecule has 0 spiro atoms. The summed E-state index contributed by atoms with van der Waals surface area (Å²) >= 11 is 1.41. The van der Waals surface area contributed by atoms with Crippen LogP contribution in [0.25, 0.3) is 0 Å². The lowest BCUT2D eigenvalue weighted by atomic mass is 10.4. The molecule has 0 atom stereocenters. The van der Waals surface area contributed by atoms with Crippen molar-refractivity contribution in [1.29, 1.82) is 0 Å². The van der Waals surface area contributed by atoms with Crippen molar-refractivity contribution in [2.75, 3.05) is 6.54 Å². The summed E-state index contributed by atoms with van der Waals surface area (Å²) in [5.41, 5.74) is 0. The van der Waals surface area contributed by atoms with E-state index in [4.69, 9.17) is 4.52 Å². The fourth-order valence-corrected chi connectivity index (χ4v) is 3.72. The van der Waals surface area contributed by atoms with Crippen LogP contribution >= 0.6 is 11.3 Å². The molecule has 2 aromatic heterocycles. The van der Waals surface area contributed by atoms with E-state index < -0.39 is 10.0 Å². The molecule has 2 rings (SSSR count). The van der Waals surface area contributed by atoms with Gasteiger partial charge in [-0.15, -0.1) is 11.3 Å². The van der Waals surface area contributed by atoms with E-state index in [1.54, 1.807) is 18.4 Å². The molecule has 0 saturated carbocycles. The molecule has 0 aliphatic heterocycles. The minimum atomic E-state index is -3.54. The second kappa shape index (κ2) is 6.44. The molecule has 7 nitrogen and oxygen atoms in total. The molecule has 0 fully saturated rings. The van der Waals surface area contributed by atoms with Crippen LogP contribution in [0.2, 0.25) is 0 Å².